The van der Waals surface area contributed by atoms with Crippen LogP contribution in [0.15, 0.2) is 34.9 Å². The van der Waals surface area contributed by atoms with E-state index < -0.39 is 5.97 Å². The molecule has 0 atom stereocenters. The molecule has 7 nitrogen and oxygen atoms in total. The summed E-state index contributed by atoms with van der Waals surface area (Å²) in [6.07, 6.45) is 1.71. The highest BCUT2D eigenvalue weighted by molar-refractivity contribution is 9.10. The number of nitrogens with zero attached hydrogens (tertiary/aromatic N) is 3. The van der Waals surface area contributed by atoms with E-state index in [2.05, 4.69) is 31.6 Å². The summed E-state index contributed by atoms with van der Waals surface area (Å²) in [5.74, 6) is -0.315. The highest BCUT2D eigenvalue weighted by Crippen LogP contribution is 2.12. The van der Waals surface area contributed by atoms with Crippen molar-refractivity contribution in [1.82, 2.24) is 15.0 Å². The quantitative estimate of drug-likeness (QED) is 0.787. The first kappa shape index (κ1) is 16.2. The molecule has 0 aliphatic carbocycles. The highest BCUT2D eigenvalue weighted by atomic mass is 79.9. The number of carbonyl (C=O) groups excluding carboxylic acids is 2. The van der Waals surface area contributed by atoms with Crippen molar-refractivity contribution in [3.63, 3.8) is 0 Å². The largest absolute Gasteiger partial charge is 0.465 e. The maximum atomic E-state index is 11.9. The van der Waals surface area contributed by atoms with Crippen LogP contribution in [0.3, 0.4) is 0 Å². The van der Waals surface area contributed by atoms with E-state index in [0.717, 1.165) is 10.0 Å². The Hall–Kier alpha value is -2.22. The van der Waals surface area contributed by atoms with Crippen molar-refractivity contribution in [2.45, 2.75) is 19.9 Å². The molecule has 1 aromatic heterocycles. The van der Waals surface area contributed by atoms with Gasteiger partial charge >= 0.3 is 5.97 Å². The van der Waals surface area contributed by atoms with Gasteiger partial charge in [-0.05, 0) is 24.6 Å². The van der Waals surface area contributed by atoms with Crippen LogP contribution in [-0.4, -0.2) is 33.5 Å². The van der Waals surface area contributed by atoms with Crippen LogP contribution < -0.4 is 5.32 Å². The predicted octanol–water partition coefficient (Wildman–Crippen LogP) is 1.78. The Morgan fingerprint density at radius 3 is 2.95 bits per heavy atom. The number of amides is 1. The second-order valence-corrected chi connectivity index (χ2v) is 5.38. The van der Waals surface area contributed by atoms with Crippen LogP contribution in [0.2, 0.25) is 0 Å². The summed E-state index contributed by atoms with van der Waals surface area (Å²) in [6, 6.07) is 7.49. The minimum absolute atomic E-state index is 0.0393. The van der Waals surface area contributed by atoms with Gasteiger partial charge in [-0.15, -0.1) is 5.10 Å². The third-order valence-corrected chi connectivity index (χ3v) is 3.15. The Labute approximate surface area is 135 Å². The first-order valence-corrected chi connectivity index (χ1v) is 7.46. The molecule has 0 bridgehead atoms. The molecule has 0 radical (unpaired) electrons. The molecule has 22 heavy (non-hydrogen) atoms. The summed E-state index contributed by atoms with van der Waals surface area (Å²) in [7, 11) is 0. The number of esters is 1. The van der Waals surface area contributed by atoms with Crippen LogP contribution in [0.4, 0.5) is 5.82 Å². The number of hydrogen-bond acceptors (Lipinski definition) is 5. The molecule has 8 heteroatoms. The summed E-state index contributed by atoms with van der Waals surface area (Å²) in [6.45, 7) is 2.00. The third kappa shape index (κ3) is 4.96. The number of ether oxygens (including phenoxy) is 1. The van der Waals surface area contributed by atoms with E-state index in [4.69, 9.17) is 4.74 Å². The molecular weight excluding hydrogens is 352 g/mol. The van der Waals surface area contributed by atoms with Crippen LogP contribution in [0.5, 0.6) is 0 Å². The van der Waals surface area contributed by atoms with Crippen LogP contribution in [0.25, 0.3) is 0 Å². The number of aromatic nitrogens is 3. The van der Waals surface area contributed by atoms with Gasteiger partial charge < -0.3 is 10.1 Å². The maximum absolute atomic E-state index is 11.9. The number of hydrogen-bond donors (Lipinski definition) is 1. The smallest absolute Gasteiger partial charge is 0.327 e. The molecule has 2 aromatic rings. The predicted molar refractivity (Wildman–Crippen MR) is 83.1 cm³/mol. The van der Waals surface area contributed by atoms with Crippen LogP contribution in [0.1, 0.15) is 12.5 Å². The van der Waals surface area contributed by atoms with E-state index in [1.807, 2.05) is 24.3 Å². The normalized spacial score (nSPS) is 10.3. The second kappa shape index (κ2) is 7.69. The fourth-order valence-corrected chi connectivity index (χ4v) is 2.24. The minimum Gasteiger partial charge on any atom is -0.465 e. The molecule has 0 aliphatic heterocycles. The number of carbonyl (C=O) groups is 2. The van der Waals surface area contributed by atoms with Crippen molar-refractivity contribution in [2.24, 2.45) is 0 Å². The lowest BCUT2D eigenvalue weighted by molar-refractivity contribution is -0.144. The molecule has 0 aliphatic rings. The summed E-state index contributed by atoms with van der Waals surface area (Å²) in [5.41, 5.74) is 0.880. The Morgan fingerprint density at radius 1 is 1.41 bits per heavy atom. The van der Waals surface area contributed by atoms with Crippen molar-refractivity contribution >= 4 is 33.6 Å². The van der Waals surface area contributed by atoms with Gasteiger partial charge in [0.05, 0.1) is 19.2 Å². The molecule has 1 amide bonds. The molecule has 0 saturated heterocycles. The summed E-state index contributed by atoms with van der Waals surface area (Å²) in [4.78, 5) is 23.2. The van der Waals surface area contributed by atoms with Gasteiger partial charge in [0.25, 0.3) is 0 Å². The second-order valence-electron chi connectivity index (χ2n) is 4.46. The standard InChI is InChI=1S/C14H15BrN4O3/c1-2-22-14(21)9-19-8-12(17-18-19)16-13(20)7-10-4-3-5-11(15)6-10/h3-6,8H,2,7,9H2,1H3,(H,16,20). The van der Waals surface area contributed by atoms with Crippen LogP contribution in [-0.2, 0) is 27.3 Å². The Kier molecular flexibility index (Phi) is 5.65. The van der Waals surface area contributed by atoms with Gasteiger partial charge in [0, 0.05) is 4.47 Å². The molecule has 1 aromatic carbocycles. The van der Waals surface area contributed by atoms with Crippen LogP contribution in [0, 0.1) is 0 Å². The van der Waals surface area contributed by atoms with Crippen molar-refractivity contribution in [3.05, 3.63) is 40.5 Å². The van der Waals surface area contributed by atoms with Crippen molar-refractivity contribution < 1.29 is 14.3 Å². The van der Waals surface area contributed by atoms with Gasteiger partial charge in [0.2, 0.25) is 5.91 Å². The molecule has 0 saturated carbocycles. The van der Waals surface area contributed by atoms with Crippen molar-refractivity contribution in [2.75, 3.05) is 11.9 Å². The topological polar surface area (TPSA) is 86.1 Å². The number of anilines is 1. The molecular formula is C14H15BrN4O3. The fraction of sp³-hybridized carbons (Fsp3) is 0.286. The zero-order valence-electron chi connectivity index (χ0n) is 12.0. The molecule has 0 unspecified atom stereocenters. The summed E-state index contributed by atoms with van der Waals surface area (Å²) in [5, 5.41) is 10.2. The number of rotatable bonds is 6. The van der Waals surface area contributed by atoms with E-state index in [9.17, 15) is 9.59 Å². The molecule has 0 spiro atoms. The average molecular weight is 367 g/mol. The Balaban J connectivity index is 1.89. The highest BCUT2D eigenvalue weighted by Gasteiger charge is 2.09. The third-order valence-electron chi connectivity index (χ3n) is 2.66. The maximum Gasteiger partial charge on any atom is 0.327 e. The summed E-state index contributed by atoms with van der Waals surface area (Å²) < 4.78 is 7.03. The van der Waals surface area contributed by atoms with E-state index in [0.29, 0.717) is 12.4 Å². The van der Waals surface area contributed by atoms with Gasteiger partial charge in [0.15, 0.2) is 5.82 Å². The van der Waals surface area contributed by atoms with Crippen molar-refractivity contribution in [3.8, 4) is 0 Å². The number of halogens is 1. The van der Waals surface area contributed by atoms with E-state index in [-0.39, 0.29) is 18.9 Å². The van der Waals surface area contributed by atoms with E-state index >= 15 is 0 Å². The minimum atomic E-state index is -0.403. The molecule has 1 N–H and O–H groups in total. The van der Waals surface area contributed by atoms with E-state index in [1.54, 1.807) is 6.92 Å². The zero-order chi connectivity index (χ0) is 15.9. The first-order chi connectivity index (χ1) is 10.6. The van der Waals surface area contributed by atoms with Gasteiger partial charge in [-0.3, -0.25) is 9.59 Å². The average Bonchev–Trinajstić information content (AvgIpc) is 2.85. The molecule has 116 valence electrons. The Bertz CT molecular complexity index is 672. The van der Waals surface area contributed by atoms with Gasteiger partial charge in [0.1, 0.15) is 6.54 Å². The lowest BCUT2D eigenvalue weighted by Crippen LogP contribution is -2.15. The Morgan fingerprint density at radius 2 is 2.23 bits per heavy atom. The number of nitrogens with one attached hydrogen (secondary N) is 1. The van der Waals surface area contributed by atoms with Crippen molar-refractivity contribution in [1.29, 1.82) is 0 Å². The molecule has 1 heterocycles. The first-order valence-electron chi connectivity index (χ1n) is 6.67. The SMILES string of the molecule is CCOC(=O)Cn1cc(NC(=O)Cc2cccc(Br)c2)nn1. The summed E-state index contributed by atoms with van der Waals surface area (Å²) >= 11 is 3.36. The number of benzene rings is 1. The monoisotopic (exact) mass is 366 g/mol. The van der Waals surface area contributed by atoms with Crippen LogP contribution >= 0.6 is 15.9 Å². The fourth-order valence-electron chi connectivity index (χ4n) is 1.79. The van der Waals surface area contributed by atoms with Gasteiger partial charge in [-0.25, -0.2) is 4.68 Å². The lowest BCUT2D eigenvalue weighted by atomic mass is 10.1. The molecule has 2 rings (SSSR count). The van der Waals surface area contributed by atoms with Gasteiger partial charge in [-0.2, -0.15) is 0 Å². The van der Waals surface area contributed by atoms with E-state index in [1.165, 1.54) is 10.9 Å². The van der Waals surface area contributed by atoms with Gasteiger partial charge in [-0.1, -0.05) is 33.3 Å². The zero-order valence-corrected chi connectivity index (χ0v) is 13.5. The lowest BCUT2D eigenvalue weighted by Gasteiger charge is -2.02. The molecule has 0 fully saturated rings.